The van der Waals surface area contributed by atoms with Gasteiger partial charge in [-0.2, -0.15) is 0 Å². The lowest BCUT2D eigenvalue weighted by atomic mass is 10.0. The summed E-state index contributed by atoms with van der Waals surface area (Å²) in [7, 11) is 0. The van der Waals surface area contributed by atoms with Gasteiger partial charge >= 0.3 is 6.03 Å². The molecule has 26 heavy (non-hydrogen) atoms. The highest BCUT2D eigenvalue weighted by Crippen LogP contribution is 2.32. The Kier molecular flexibility index (Phi) is 5.60. The Hall–Kier alpha value is -2.77. The van der Waals surface area contributed by atoms with Gasteiger partial charge in [-0.1, -0.05) is 42.5 Å². The number of ether oxygens (including phenoxy) is 1. The lowest BCUT2D eigenvalue weighted by molar-refractivity contribution is -0.127. The fourth-order valence-electron chi connectivity index (χ4n) is 3.05. The van der Waals surface area contributed by atoms with E-state index in [0.717, 1.165) is 11.1 Å². The summed E-state index contributed by atoms with van der Waals surface area (Å²) in [5.41, 5.74) is 6.81. The lowest BCUT2D eigenvalue weighted by Gasteiger charge is -2.38. The minimum absolute atomic E-state index is 0.0212. The number of rotatable bonds is 4. The van der Waals surface area contributed by atoms with Crippen LogP contribution in [0.1, 0.15) is 23.3 Å². The molecule has 136 valence electrons. The predicted molar refractivity (Wildman–Crippen MR) is 93.6 cm³/mol. The molecule has 2 aromatic carbocycles. The molecule has 0 bridgehead atoms. The molecule has 7 heteroatoms. The van der Waals surface area contributed by atoms with Gasteiger partial charge in [-0.15, -0.1) is 0 Å². The van der Waals surface area contributed by atoms with Crippen LogP contribution in [-0.4, -0.2) is 36.5 Å². The van der Waals surface area contributed by atoms with Crippen molar-refractivity contribution >= 4 is 11.9 Å². The van der Waals surface area contributed by atoms with E-state index in [2.05, 4.69) is 5.32 Å². The molecule has 1 aliphatic heterocycles. The number of carbonyl (C=O) groups is 2. The molecule has 0 spiro atoms. The first-order valence-corrected chi connectivity index (χ1v) is 8.29. The Morgan fingerprint density at radius 1 is 1.04 bits per heavy atom. The van der Waals surface area contributed by atoms with Gasteiger partial charge in [-0.25, -0.2) is 9.18 Å². The van der Waals surface area contributed by atoms with E-state index in [1.54, 1.807) is 12.1 Å². The fourth-order valence-corrected chi connectivity index (χ4v) is 3.05. The number of halogens is 1. The SMILES string of the molecule is NC(=O)NC(=O)CN1C[C@@H](c2ccccc2)O[C@H](c2ccc(F)cc2)C1. The Labute approximate surface area is 150 Å². The maximum Gasteiger partial charge on any atom is 0.318 e. The summed E-state index contributed by atoms with van der Waals surface area (Å²) in [6.07, 6.45) is -0.572. The second-order valence-corrected chi connectivity index (χ2v) is 6.18. The number of morpholine rings is 1. The zero-order chi connectivity index (χ0) is 18.5. The van der Waals surface area contributed by atoms with Gasteiger partial charge in [0.25, 0.3) is 0 Å². The molecule has 1 heterocycles. The van der Waals surface area contributed by atoms with Gasteiger partial charge in [0.1, 0.15) is 5.82 Å². The average Bonchev–Trinajstić information content (AvgIpc) is 2.62. The van der Waals surface area contributed by atoms with Crippen molar-refractivity contribution in [2.24, 2.45) is 5.73 Å². The molecule has 2 aromatic rings. The van der Waals surface area contributed by atoms with Gasteiger partial charge in [0.2, 0.25) is 5.91 Å². The van der Waals surface area contributed by atoms with Gasteiger partial charge in [-0.3, -0.25) is 15.0 Å². The highest BCUT2D eigenvalue weighted by Gasteiger charge is 2.30. The smallest absolute Gasteiger partial charge is 0.318 e. The summed E-state index contributed by atoms with van der Waals surface area (Å²) in [4.78, 5) is 24.7. The van der Waals surface area contributed by atoms with Crippen molar-refractivity contribution in [1.29, 1.82) is 0 Å². The van der Waals surface area contributed by atoms with Crippen LogP contribution < -0.4 is 11.1 Å². The van der Waals surface area contributed by atoms with Crippen LogP contribution in [0.5, 0.6) is 0 Å². The molecular weight excluding hydrogens is 337 g/mol. The Bertz CT molecular complexity index is 767. The molecule has 0 unspecified atom stereocenters. The molecular formula is C19H20FN3O3. The molecule has 3 rings (SSSR count). The van der Waals surface area contributed by atoms with Crippen LogP contribution in [0, 0.1) is 5.82 Å². The summed E-state index contributed by atoms with van der Waals surface area (Å²) in [5.74, 6) is -0.786. The number of benzene rings is 2. The highest BCUT2D eigenvalue weighted by molar-refractivity contribution is 5.94. The number of nitrogens with two attached hydrogens (primary N) is 1. The maximum atomic E-state index is 13.2. The molecule has 0 aliphatic carbocycles. The molecule has 1 saturated heterocycles. The number of primary amides is 1. The molecule has 0 aromatic heterocycles. The van der Waals surface area contributed by atoms with Crippen LogP contribution in [0.3, 0.4) is 0 Å². The van der Waals surface area contributed by atoms with Crippen molar-refractivity contribution in [2.45, 2.75) is 12.2 Å². The van der Waals surface area contributed by atoms with Crippen LogP contribution in [0.15, 0.2) is 54.6 Å². The van der Waals surface area contributed by atoms with Crippen LogP contribution in [0.4, 0.5) is 9.18 Å². The van der Waals surface area contributed by atoms with E-state index in [0.29, 0.717) is 13.1 Å². The van der Waals surface area contributed by atoms with E-state index in [-0.39, 0.29) is 24.6 Å². The first-order valence-electron chi connectivity index (χ1n) is 8.29. The second-order valence-electron chi connectivity index (χ2n) is 6.18. The predicted octanol–water partition coefficient (Wildman–Crippen LogP) is 2.14. The van der Waals surface area contributed by atoms with Crippen LogP contribution in [-0.2, 0) is 9.53 Å². The quantitative estimate of drug-likeness (QED) is 0.878. The fraction of sp³-hybridized carbons (Fsp3) is 0.263. The number of nitrogens with one attached hydrogen (secondary N) is 1. The van der Waals surface area contributed by atoms with Crippen LogP contribution in [0.2, 0.25) is 0 Å². The third-order valence-electron chi connectivity index (χ3n) is 4.22. The molecule has 3 amide bonds. The van der Waals surface area contributed by atoms with Crippen LogP contribution >= 0.6 is 0 Å². The number of hydrogen-bond acceptors (Lipinski definition) is 4. The number of carbonyl (C=O) groups excluding carboxylic acids is 2. The van der Waals surface area contributed by atoms with Gasteiger partial charge in [0.05, 0.1) is 18.8 Å². The standard InChI is InChI=1S/C19H20FN3O3/c20-15-8-6-14(7-9-15)17-11-23(12-18(24)22-19(21)25)10-16(26-17)13-4-2-1-3-5-13/h1-9,16-17H,10-12H2,(H3,21,22,24,25)/t16-,17-/m0/s1. The first kappa shape index (κ1) is 18.0. The van der Waals surface area contributed by atoms with Crippen LogP contribution in [0.25, 0.3) is 0 Å². The van der Waals surface area contributed by atoms with Crippen molar-refractivity contribution in [3.05, 3.63) is 71.5 Å². The highest BCUT2D eigenvalue weighted by atomic mass is 19.1. The molecule has 2 atom stereocenters. The number of imide groups is 1. The Balaban J connectivity index is 1.79. The number of hydrogen-bond donors (Lipinski definition) is 2. The van der Waals surface area contributed by atoms with E-state index in [1.165, 1.54) is 12.1 Å². The summed E-state index contributed by atoms with van der Waals surface area (Å²) < 4.78 is 19.4. The van der Waals surface area contributed by atoms with Gasteiger partial charge in [0.15, 0.2) is 0 Å². The van der Waals surface area contributed by atoms with E-state index in [1.807, 2.05) is 35.2 Å². The van der Waals surface area contributed by atoms with E-state index >= 15 is 0 Å². The summed E-state index contributed by atoms with van der Waals surface area (Å²) in [6.45, 7) is 0.961. The minimum Gasteiger partial charge on any atom is -0.363 e. The number of urea groups is 1. The molecule has 3 N–H and O–H groups in total. The van der Waals surface area contributed by atoms with Crippen molar-refractivity contribution in [3.8, 4) is 0 Å². The summed E-state index contributed by atoms with van der Waals surface area (Å²) in [6, 6.07) is 14.9. The molecule has 1 aliphatic rings. The lowest BCUT2D eigenvalue weighted by Crippen LogP contribution is -2.47. The second kappa shape index (κ2) is 8.07. The third-order valence-corrected chi connectivity index (χ3v) is 4.22. The number of amides is 3. The first-order chi connectivity index (χ1) is 12.5. The monoisotopic (exact) mass is 357 g/mol. The van der Waals surface area contributed by atoms with Crippen molar-refractivity contribution in [1.82, 2.24) is 10.2 Å². The largest absolute Gasteiger partial charge is 0.363 e. The van der Waals surface area contributed by atoms with Crippen molar-refractivity contribution < 1.29 is 18.7 Å². The maximum absolute atomic E-state index is 13.2. The molecule has 0 radical (unpaired) electrons. The topological polar surface area (TPSA) is 84.7 Å². The number of nitrogens with zero attached hydrogens (tertiary/aromatic N) is 1. The normalized spacial score (nSPS) is 20.5. The zero-order valence-corrected chi connectivity index (χ0v) is 14.1. The zero-order valence-electron chi connectivity index (χ0n) is 14.1. The molecule has 1 fully saturated rings. The van der Waals surface area contributed by atoms with Crippen molar-refractivity contribution in [2.75, 3.05) is 19.6 Å². The molecule has 0 saturated carbocycles. The minimum atomic E-state index is -0.877. The van der Waals surface area contributed by atoms with E-state index < -0.39 is 11.9 Å². The van der Waals surface area contributed by atoms with E-state index in [9.17, 15) is 14.0 Å². The third kappa shape index (κ3) is 4.65. The Morgan fingerprint density at radius 3 is 2.19 bits per heavy atom. The summed E-state index contributed by atoms with van der Waals surface area (Å²) >= 11 is 0. The van der Waals surface area contributed by atoms with E-state index in [4.69, 9.17) is 10.5 Å². The van der Waals surface area contributed by atoms with Gasteiger partial charge < -0.3 is 10.5 Å². The molecule has 6 nitrogen and oxygen atoms in total. The van der Waals surface area contributed by atoms with Gasteiger partial charge in [-0.05, 0) is 23.3 Å². The average molecular weight is 357 g/mol. The van der Waals surface area contributed by atoms with Crippen molar-refractivity contribution in [3.63, 3.8) is 0 Å². The summed E-state index contributed by atoms with van der Waals surface area (Å²) in [5, 5.41) is 2.07. The Morgan fingerprint density at radius 2 is 1.62 bits per heavy atom. The van der Waals surface area contributed by atoms with Gasteiger partial charge in [0, 0.05) is 13.1 Å².